The van der Waals surface area contributed by atoms with Crippen molar-refractivity contribution in [2.45, 2.75) is 13.0 Å². The lowest BCUT2D eigenvalue weighted by Crippen LogP contribution is -2.16. The topological polar surface area (TPSA) is 25.2 Å². The third-order valence-electron chi connectivity index (χ3n) is 3.21. The highest BCUT2D eigenvalue weighted by Gasteiger charge is 2.01. The van der Waals surface area contributed by atoms with Gasteiger partial charge in [-0.3, -0.25) is 0 Å². The summed E-state index contributed by atoms with van der Waals surface area (Å²) in [6.45, 7) is 1.74. The molecule has 0 fully saturated rings. The molecule has 2 nitrogen and oxygen atoms in total. The van der Waals surface area contributed by atoms with E-state index in [9.17, 15) is 0 Å². The average Bonchev–Trinajstić information content (AvgIpc) is 2.87. The first-order valence-corrected chi connectivity index (χ1v) is 6.64. The number of para-hydroxylation sites is 1. The van der Waals surface area contributed by atoms with Gasteiger partial charge in [0.2, 0.25) is 0 Å². The van der Waals surface area contributed by atoms with E-state index < -0.39 is 0 Å². The van der Waals surface area contributed by atoms with Gasteiger partial charge in [-0.05, 0) is 30.7 Å². The van der Waals surface area contributed by atoms with E-state index in [2.05, 4.69) is 41.7 Å². The second-order valence-electron chi connectivity index (χ2n) is 4.66. The molecule has 0 aliphatic heterocycles. The molecule has 0 unspecified atom stereocenters. The van der Waals surface area contributed by atoms with Crippen LogP contribution in [0.5, 0.6) is 0 Å². The third-order valence-corrected chi connectivity index (χ3v) is 3.21. The van der Waals surface area contributed by atoms with E-state index in [0.29, 0.717) is 0 Å². The second-order valence-corrected chi connectivity index (χ2v) is 4.66. The highest BCUT2D eigenvalue weighted by atomic mass is 16.3. The first-order chi connectivity index (χ1) is 9.42. The zero-order valence-corrected chi connectivity index (χ0v) is 10.8. The summed E-state index contributed by atoms with van der Waals surface area (Å²) in [5.41, 5.74) is 2.32. The summed E-state index contributed by atoms with van der Waals surface area (Å²) >= 11 is 0. The molecule has 2 aromatic carbocycles. The molecule has 1 N–H and O–H groups in total. The normalized spacial score (nSPS) is 10.9. The number of nitrogens with one attached hydrogen (secondary N) is 1. The number of benzene rings is 2. The largest absolute Gasteiger partial charge is 0.460 e. The average molecular weight is 251 g/mol. The third kappa shape index (κ3) is 3.04. The van der Waals surface area contributed by atoms with Gasteiger partial charge >= 0.3 is 0 Å². The van der Waals surface area contributed by atoms with Crippen LogP contribution in [0.3, 0.4) is 0 Å². The minimum Gasteiger partial charge on any atom is -0.460 e. The van der Waals surface area contributed by atoms with Gasteiger partial charge in [0, 0.05) is 5.39 Å². The van der Waals surface area contributed by atoms with Crippen LogP contribution in [0.2, 0.25) is 0 Å². The number of hydrogen-bond acceptors (Lipinski definition) is 2. The van der Waals surface area contributed by atoms with Crippen molar-refractivity contribution in [1.82, 2.24) is 5.32 Å². The Hall–Kier alpha value is -2.06. The van der Waals surface area contributed by atoms with E-state index in [4.69, 9.17) is 4.42 Å². The molecule has 3 rings (SSSR count). The fourth-order valence-electron chi connectivity index (χ4n) is 2.21. The molecule has 0 spiro atoms. The van der Waals surface area contributed by atoms with Crippen molar-refractivity contribution >= 4 is 11.0 Å². The van der Waals surface area contributed by atoms with Gasteiger partial charge in [-0.2, -0.15) is 0 Å². The Bertz CT molecular complexity index is 609. The molecule has 0 atom stereocenters. The van der Waals surface area contributed by atoms with Crippen LogP contribution in [0.4, 0.5) is 0 Å². The second kappa shape index (κ2) is 5.72. The summed E-state index contributed by atoms with van der Waals surface area (Å²) in [6.07, 6.45) is 1.04. The van der Waals surface area contributed by atoms with Crippen LogP contribution >= 0.6 is 0 Å². The van der Waals surface area contributed by atoms with Crippen LogP contribution in [-0.2, 0) is 13.0 Å². The van der Waals surface area contributed by atoms with Crippen LogP contribution in [0.1, 0.15) is 11.3 Å². The van der Waals surface area contributed by atoms with Gasteiger partial charge in [-0.25, -0.2) is 0 Å². The Balaban J connectivity index is 1.52. The number of hydrogen-bond donors (Lipinski definition) is 1. The first-order valence-electron chi connectivity index (χ1n) is 6.64. The molecule has 3 aromatic rings. The molecule has 1 heterocycles. The summed E-state index contributed by atoms with van der Waals surface area (Å²) in [4.78, 5) is 0. The molecule has 0 radical (unpaired) electrons. The summed E-state index contributed by atoms with van der Waals surface area (Å²) in [7, 11) is 0. The van der Waals surface area contributed by atoms with Crippen LogP contribution in [0.25, 0.3) is 11.0 Å². The minimum absolute atomic E-state index is 0.779. The van der Waals surface area contributed by atoms with Crippen molar-refractivity contribution < 1.29 is 4.42 Å². The SMILES string of the molecule is c1ccc(CCNCc2cc3ccccc3o2)cc1. The van der Waals surface area contributed by atoms with Crippen molar-refractivity contribution in [3.05, 3.63) is 72.0 Å². The lowest BCUT2D eigenvalue weighted by Gasteiger charge is -2.02. The molecule has 19 heavy (non-hydrogen) atoms. The van der Waals surface area contributed by atoms with Crippen molar-refractivity contribution in [2.24, 2.45) is 0 Å². The Morgan fingerprint density at radius 1 is 0.895 bits per heavy atom. The molecular formula is C17H17NO. The highest BCUT2D eigenvalue weighted by Crippen LogP contribution is 2.18. The summed E-state index contributed by atoms with van der Waals surface area (Å²) in [5, 5.41) is 4.59. The maximum atomic E-state index is 5.76. The van der Waals surface area contributed by atoms with E-state index >= 15 is 0 Å². The van der Waals surface area contributed by atoms with Crippen molar-refractivity contribution in [3.8, 4) is 0 Å². The number of furan rings is 1. The summed E-state index contributed by atoms with van der Waals surface area (Å²) < 4.78 is 5.76. The molecule has 1 aromatic heterocycles. The number of rotatable bonds is 5. The summed E-state index contributed by atoms with van der Waals surface area (Å²) in [6, 6.07) is 20.7. The lowest BCUT2D eigenvalue weighted by molar-refractivity contribution is 0.515. The van der Waals surface area contributed by atoms with E-state index in [0.717, 1.165) is 30.9 Å². The molecule has 0 amide bonds. The van der Waals surface area contributed by atoms with Crippen molar-refractivity contribution in [2.75, 3.05) is 6.54 Å². The maximum absolute atomic E-state index is 5.76. The Morgan fingerprint density at radius 2 is 1.68 bits per heavy atom. The predicted octanol–water partition coefficient (Wildman–Crippen LogP) is 3.77. The molecule has 0 aliphatic rings. The van der Waals surface area contributed by atoms with Crippen molar-refractivity contribution in [3.63, 3.8) is 0 Å². The van der Waals surface area contributed by atoms with E-state index in [1.54, 1.807) is 0 Å². The van der Waals surface area contributed by atoms with Gasteiger partial charge < -0.3 is 9.73 Å². The molecule has 0 bridgehead atoms. The van der Waals surface area contributed by atoms with E-state index in [-0.39, 0.29) is 0 Å². The fraction of sp³-hybridized carbons (Fsp3) is 0.176. The van der Waals surface area contributed by atoms with Gasteiger partial charge in [0.15, 0.2) is 0 Å². The molecule has 0 aliphatic carbocycles. The lowest BCUT2D eigenvalue weighted by atomic mass is 10.1. The zero-order chi connectivity index (χ0) is 12.9. The number of fused-ring (bicyclic) bond motifs is 1. The minimum atomic E-state index is 0.779. The maximum Gasteiger partial charge on any atom is 0.134 e. The summed E-state index contributed by atoms with van der Waals surface area (Å²) in [5.74, 6) is 0.995. The predicted molar refractivity (Wildman–Crippen MR) is 78.1 cm³/mol. The molecule has 2 heteroatoms. The van der Waals surface area contributed by atoms with Crippen LogP contribution < -0.4 is 5.32 Å². The van der Waals surface area contributed by atoms with Gasteiger partial charge in [0.05, 0.1) is 6.54 Å². The quantitative estimate of drug-likeness (QED) is 0.698. The fourth-order valence-corrected chi connectivity index (χ4v) is 2.21. The van der Waals surface area contributed by atoms with Crippen molar-refractivity contribution in [1.29, 1.82) is 0 Å². The van der Waals surface area contributed by atoms with E-state index in [1.807, 2.05) is 24.3 Å². The Labute approximate surface area is 113 Å². The van der Waals surface area contributed by atoms with Gasteiger partial charge in [0.25, 0.3) is 0 Å². The Kier molecular flexibility index (Phi) is 3.61. The monoisotopic (exact) mass is 251 g/mol. The highest BCUT2D eigenvalue weighted by molar-refractivity contribution is 5.77. The van der Waals surface area contributed by atoms with Crippen LogP contribution in [-0.4, -0.2) is 6.54 Å². The molecule has 96 valence electrons. The Morgan fingerprint density at radius 3 is 2.53 bits per heavy atom. The van der Waals surface area contributed by atoms with Crippen LogP contribution in [0, 0.1) is 0 Å². The smallest absolute Gasteiger partial charge is 0.134 e. The zero-order valence-electron chi connectivity index (χ0n) is 10.8. The van der Waals surface area contributed by atoms with E-state index in [1.165, 1.54) is 10.9 Å². The van der Waals surface area contributed by atoms with Crippen LogP contribution in [0.15, 0.2) is 65.1 Å². The van der Waals surface area contributed by atoms with Gasteiger partial charge in [-0.15, -0.1) is 0 Å². The molecule has 0 saturated heterocycles. The van der Waals surface area contributed by atoms with Gasteiger partial charge in [0.1, 0.15) is 11.3 Å². The standard InChI is InChI=1S/C17H17NO/c1-2-6-14(7-3-1)10-11-18-13-16-12-15-8-4-5-9-17(15)19-16/h1-9,12,18H,10-11,13H2. The first kappa shape index (κ1) is 12.0. The molecular weight excluding hydrogens is 234 g/mol. The molecule has 0 saturated carbocycles. The van der Waals surface area contributed by atoms with Gasteiger partial charge in [-0.1, -0.05) is 48.5 Å².